The predicted octanol–water partition coefficient (Wildman–Crippen LogP) is 2.66. The van der Waals surface area contributed by atoms with E-state index in [0.717, 1.165) is 22.7 Å². The van der Waals surface area contributed by atoms with Crippen LogP contribution in [0.3, 0.4) is 0 Å². The first-order valence-electron chi connectivity index (χ1n) is 8.28. The van der Waals surface area contributed by atoms with E-state index in [1.54, 1.807) is 20.1 Å². The summed E-state index contributed by atoms with van der Waals surface area (Å²) in [5.41, 5.74) is 9.74. The van der Waals surface area contributed by atoms with E-state index < -0.39 is 6.09 Å². The number of methoxy groups -OCH3 is 1. The van der Waals surface area contributed by atoms with E-state index >= 15 is 0 Å². The minimum atomic E-state index is -0.554. The molecule has 0 saturated heterocycles. The van der Waals surface area contributed by atoms with E-state index in [2.05, 4.69) is 15.6 Å². The van der Waals surface area contributed by atoms with Crippen LogP contribution in [0.1, 0.15) is 18.2 Å². The number of anilines is 2. The van der Waals surface area contributed by atoms with Crippen molar-refractivity contribution in [3.8, 4) is 5.75 Å². The number of ether oxygens (including phenoxy) is 2. The fourth-order valence-corrected chi connectivity index (χ4v) is 2.63. The second kappa shape index (κ2) is 7.83. The smallest absolute Gasteiger partial charge is 0.412 e. The summed E-state index contributed by atoms with van der Waals surface area (Å²) in [5, 5.41) is 5.90. The molecule has 2 heterocycles. The molecule has 0 radical (unpaired) electrons. The van der Waals surface area contributed by atoms with Gasteiger partial charge in [-0.05, 0) is 36.8 Å². The van der Waals surface area contributed by atoms with Gasteiger partial charge in [0.25, 0.3) is 0 Å². The third-order valence-corrected chi connectivity index (χ3v) is 3.88. The van der Waals surface area contributed by atoms with Crippen molar-refractivity contribution in [3.63, 3.8) is 0 Å². The van der Waals surface area contributed by atoms with E-state index in [9.17, 15) is 4.79 Å². The first kappa shape index (κ1) is 17.7. The Morgan fingerprint density at radius 1 is 1.35 bits per heavy atom. The van der Waals surface area contributed by atoms with Gasteiger partial charge in [0.05, 0.1) is 37.4 Å². The van der Waals surface area contributed by atoms with Crippen LogP contribution in [0.25, 0.3) is 0 Å². The monoisotopic (exact) mass is 355 g/mol. The van der Waals surface area contributed by atoms with E-state index in [0.29, 0.717) is 23.7 Å². The fraction of sp³-hybridized carbons (Fsp3) is 0.278. The molecule has 0 aliphatic carbocycles. The maximum Gasteiger partial charge on any atom is 0.412 e. The summed E-state index contributed by atoms with van der Waals surface area (Å²) in [6, 6.07) is 9.41. The second-order valence-corrected chi connectivity index (χ2v) is 5.54. The highest BCUT2D eigenvalue weighted by Gasteiger charge is 2.19. The number of rotatable bonds is 5. The lowest BCUT2D eigenvalue weighted by atomic mass is 10.1. The minimum Gasteiger partial charge on any atom is -0.497 e. The number of amides is 1. The van der Waals surface area contributed by atoms with Crippen LogP contribution >= 0.6 is 0 Å². The summed E-state index contributed by atoms with van der Waals surface area (Å²) >= 11 is 0. The van der Waals surface area contributed by atoms with Gasteiger partial charge in [-0.25, -0.2) is 14.8 Å². The molecule has 1 aromatic carbocycles. The molecule has 3 rings (SSSR count). The zero-order valence-electron chi connectivity index (χ0n) is 14.7. The number of aliphatic imine (C=N–C) groups is 1. The van der Waals surface area contributed by atoms with Gasteiger partial charge in [0.15, 0.2) is 0 Å². The van der Waals surface area contributed by atoms with Gasteiger partial charge in [0.2, 0.25) is 0 Å². The van der Waals surface area contributed by atoms with Crippen LogP contribution in [0.15, 0.2) is 35.3 Å². The Balaban J connectivity index is 1.91. The number of carbonyl (C=O) groups is 1. The summed E-state index contributed by atoms with van der Waals surface area (Å²) in [5.74, 6) is 1.16. The number of nitrogens with one attached hydrogen (secondary N) is 2. The number of pyridine rings is 1. The number of carbonyl (C=O) groups excluding carboxylic acids is 1. The van der Waals surface area contributed by atoms with Crippen LogP contribution in [0.4, 0.5) is 22.0 Å². The molecule has 1 aromatic heterocycles. The molecule has 4 N–H and O–H groups in total. The molecule has 8 nitrogen and oxygen atoms in total. The highest BCUT2D eigenvalue weighted by atomic mass is 16.5. The Labute approximate surface area is 151 Å². The van der Waals surface area contributed by atoms with Gasteiger partial charge in [0.1, 0.15) is 17.3 Å². The highest BCUT2D eigenvalue weighted by molar-refractivity contribution is 6.07. The minimum absolute atomic E-state index is 0.196. The average molecular weight is 355 g/mol. The van der Waals surface area contributed by atoms with Crippen LogP contribution in [0, 0.1) is 0 Å². The number of fused-ring (bicyclic) bond motifs is 1. The third-order valence-electron chi connectivity index (χ3n) is 3.88. The van der Waals surface area contributed by atoms with Crippen LogP contribution in [0.2, 0.25) is 0 Å². The van der Waals surface area contributed by atoms with Crippen molar-refractivity contribution < 1.29 is 14.3 Å². The molecule has 2 aromatic rings. The van der Waals surface area contributed by atoms with E-state index in [1.807, 2.05) is 24.3 Å². The molecule has 1 aliphatic heterocycles. The van der Waals surface area contributed by atoms with Crippen molar-refractivity contribution in [2.24, 2.45) is 10.7 Å². The van der Waals surface area contributed by atoms with E-state index in [-0.39, 0.29) is 13.2 Å². The van der Waals surface area contributed by atoms with Gasteiger partial charge >= 0.3 is 6.09 Å². The Kier molecular flexibility index (Phi) is 5.33. The number of benzene rings is 1. The molecule has 1 amide bonds. The average Bonchev–Trinajstić information content (AvgIpc) is 2.67. The normalized spacial score (nSPS) is 12.5. The van der Waals surface area contributed by atoms with Crippen LogP contribution < -0.4 is 21.1 Å². The van der Waals surface area contributed by atoms with Crippen molar-refractivity contribution >= 4 is 29.0 Å². The van der Waals surface area contributed by atoms with E-state index in [1.165, 1.54) is 0 Å². The van der Waals surface area contributed by atoms with Gasteiger partial charge < -0.3 is 20.5 Å². The standard InChI is InChI=1S/C18H21N5O3/c1-3-26-18(24)23-16-8-13-17(14(9-19)21-16)22-15(10-20-13)11-4-6-12(25-2)7-5-11/h4-8,20H,3,9-10,19H2,1-2H3,(H,21,23,24). The number of aromatic nitrogens is 1. The molecule has 0 bridgehead atoms. The number of hydrogen-bond acceptors (Lipinski definition) is 7. The summed E-state index contributed by atoms with van der Waals surface area (Å²) < 4.78 is 10.1. The zero-order chi connectivity index (χ0) is 18.5. The molecule has 0 unspecified atom stereocenters. The summed E-state index contributed by atoms with van der Waals surface area (Å²) in [6.07, 6.45) is -0.554. The molecular weight excluding hydrogens is 334 g/mol. The van der Waals surface area contributed by atoms with Gasteiger partial charge in [-0.1, -0.05) is 0 Å². The maximum atomic E-state index is 11.6. The molecule has 0 atom stereocenters. The fourth-order valence-electron chi connectivity index (χ4n) is 2.63. The van der Waals surface area contributed by atoms with Gasteiger partial charge in [-0.15, -0.1) is 0 Å². The molecule has 0 spiro atoms. The summed E-state index contributed by atoms with van der Waals surface area (Å²) in [7, 11) is 1.63. The van der Waals surface area contributed by atoms with Gasteiger partial charge in [-0.2, -0.15) is 0 Å². The number of nitrogens with two attached hydrogens (primary N) is 1. The van der Waals surface area contributed by atoms with Crippen molar-refractivity contribution in [1.29, 1.82) is 0 Å². The molecular formula is C18H21N5O3. The molecule has 8 heteroatoms. The lowest BCUT2D eigenvalue weighted by Gasteiger charge is -2.21. The molecule has 0 saturated carbocycles. The SMILES string of the molecule is CCOC(=O)Nc1cc2c(c(CN)n1)N=C(c1ccc(OC)cc1)CN2. The van der Waals surface area contributed by atoms with Crippen LogP contribution in [-0.2, 0) is 11.3 Å². The quantitative estimate of drug-likeness (QED) is 0.760. The zero-order valence-corrected chi connectivity index (χ0v) is 14.7. The summed E-state index contributed by atoms with van der Waals surface area (Å²) in [6.45, 7) is 2.77. The highest BCUT2D eigenvalue weighted by Crippen LogP contribution is 2.34. The largest absolute Gasteiger partial charge is 0.497 e. The van der Waals surface area contributed by atoms with Crippen LogP contribution in [-0.4, -0.2) is 37.1 Å². The van der Waals surface area contributed by atoms with E-state index in [4.69, 9.17) is 20.2 Å². The van der Waals surface area contributed by atoms with Gasteiger partial charge in [-0.3, -0.25) is 5.32 Å². The molecule has 136 valence electrons. The topological polar surface area (TPSA) is 111 Å². The maximum absolute atomic E-state index is 11.6. The van der Waals surface area contributed by atoms with Gasteiger partial charge in [0, 0.05) is 12.6 Å². The van der Waals surface area contributed by atoms with Crippen molar-refractivity contribution in [3.05, 3.63) is 41.6 Å². The van der Waals surface area contributed by atoms with Crippen molar-refractivity contribution in [1.82, 2.24) is 4.98 Å². The number of hydrogen-bond donors (Lipinski definition) is 3. The summed E-state index contributed by atoms with van der Waals surface area (Å²) in [4.78, 5) is 20.7. The van der Waals surface area contributed by atoms with Crippen molar-refractivity contribution in [2.45, 2.75) is 13.5 Å². The Hall–Kier alpha value is -3.13. The Morgan fingerprint density at radius 3 is 2.77 bits per heavy atom. The molecule has 1 aliphatic rings. The first-order chi connectivity index (χ1) is 12.6. The van der Waals surface area contributed by atoms with Crippen LogP contribution in [0.5, 0.6) is 5.75 Å². The Bertz CT molecular complexity index is 833. The lowest BCUT2D eigenvalue weighted by Crippen LogP contribution is -2.21. The first-order valence-corrected chi connectivity index (χ1v) is 8.28. The lowest BCUT2D eigenvalue weighted by molar-refractivity contribution is 0.168. The number of nitrogens with zero attached hydrogens (tertiary/aromatic N) is 2. The molecule has 26 heavy (non-hydrogen) atoms. The third kappa shape index (κ3) is 3.75. The predicted molar refractivity (Wildman–Crippen MR) is 100 cm³/mol. The molecule has 0 fully saturated rings. The van der Waals surface area contributed by atoms with Crippen molar-refractivity contribution in [2.75, 3.05) is 30.9 Å². The second-order valence-electron chi connectivity index (χ2n) is 5.54. The Morgan fingerprint density at radius 2 is 2.12 bits per heavy atom.